The van der Waals surface area contributed by atoms with E-state index in [0.29, 0.717) is 34.9 Å². The van der Waals surface area contributed by atoms with Gasteiger partial charge in [0.1, 0.15) is 17.5 Å². The Morgan fingerprint density at radius 2 is 1.90 bits per heavy atom. The molecule has 0 fully saturated rings. The number of aromatic nitrogens is 4. The average Bonchev–Trinajstić information content (AvgIpc) is 3.26. The van der Waals surface area contributed by atoms with Crippen molar-refractivity contribution in [1.29, 1.82) is 0 Å². The smallest absolute Gasteiger partial charge is 0.340 e. The number of nitrogens with one attached hydrogen (secondary N) is 1. The van der Waals surface area contributed by atoms with Crippen molar-refractivity contribution in [2.24, 2.45) is 5.92 Å². The predicted molar refractivity (Wildman–Crippen MR) is 144 cm³/mol. The van der Waals surface area contributed by atoms with Crippen LogP contribution in [0.25, 0.3) is 16.7 Å². The lowest BCUT2D eigenvalue weighted by atomic mass is 9.95. The van der Waals surface area contributed by atoms with Crippen molar-refractivity contribution in [2.75, 3.05) is 11.4 Å². The largest absolute Gasteiger partial charge is 0.392 e. The molecule has 4 aromatic rings. The molecule has 2 aromatic heterocycles. The predicted octanol–water partition coefficient (Wildman–Crippen LogP) is 5.64. The summed E-state index contributed by atoms with van der Waals surface area (Å²) in [6.45, 7) is 6.65. The molecule has 2 aromatic carbocycles. The number of fused-ring (bicyclic) bond motifs is 4. The number of rotatable bonds is 4. The number of nitrogens with zero attached hydrogens (tertiary/aromatic N) is 5. The number of alkyl halides is 3. The van der Waals surface area contributed by atoms with E-state index in [1.54, 1.807) is 31.2 Å². The van der Waals surface area contributed by atoms with Gasteiger partial charge < -0.3 is 10.2 Å². The maximum atomic E-state index is 15.3. The van der Waals surface area contributed by atoms with Gasteiger partial charge in [-0.25, -0.2) is 4.39 Å². The SMILES string of the molecule is Cc1nnc2nc(N3CCCc4c(C#CC(C)(C)NC(=O)CC(C)C(F)(F)F)cccc43)c3c(F)cccc3n12. The molecule has 1 aliphatic heterocycles. The van der Waals surface area contributed by atoms with Crippen molar-refractivity contribution in [2.45, 2.75) is 58.7 Å². The molecule has 3 heterocycles. The van der Waals surface area contributed by atoms with E-state index in [1.165, 1.54) is 6.07 Å². The fourth-order valence-corrected chi connectivity index (χ4v) is 4.98. The monoisotopic (exact) mass is 552 g/mol. The van der Waals surface area contributed by atoms with Crippen molar-refractivity contribution < 1.29 is 22.4 Å². The van der Waals surface area contributed by atoms with Gasteiger partial charge in [0, 0.05) is 24.2 Å². The molecule has 0 aliphatic carbocycles. The third-order valence-corrected chi connectivity index (χ3v) is 6.99. The minimum atomic E-state index is -4.44. The third kappa shape index (κ3) is 5.18. The summed E-state index contributed by atoms with van der Waals surface area (Å²) in [5, 5.41) is 11.3. The molecule has 1 atom stereocenters. The van der Waals surface area contributed by atoms with Crippen LogP contribution in [0.15, 0.2) is 36.4 Å². The lowest BCUT2D eigenvalue weighted by Crippen LogP contribution is -2.43. The third-order valence-electron chi connectivity index (χ3n) is 6.99. The van der Waals surface area contributed by atoms with Crippen molar-refractivity contribution in [3.05, 3.63) is 59.2 Å². The van der Waals surface area contributed by atoms with Crippen molar-refractivity contribution in [3.8, 4) is 11.8 Å². The molecule has 0 bridgehead atoms. The van der Waals surface area contributed by atoms with E-state index >= 15 is 4.39 Å². The molecule has 7 nitrogen and oxygen atoms in total. The molecule has 5 rings (SSSR count). The lowest BCUT2D eigenvalue weighted by molar-refractivity contribution is -0.174. The maximum absolute atomic E-state index is 15.3. The number of hydrogen-bond acceptors (Lipinski definition) is 5. The fraction of sp³-hybridized carbons (Fsp3) is 0.379. The Hall–Kier alpha value is -4.20. The van der Waals surface area contributed by atoms with Crippen molar-refractivity contribution >= 4 is 34.1 Å². The second-order valence-electron chi connectivity index (χ2n) is 10.6. The average molecular weight is 553 g/mol. The van der Waals surface area contributed by atoms with Gasteiger partial charge in [-0.05, 0) is 63.4 Å². The fourth-order valence-electron chi connectivity index (χ4n) is 4.98. The van der Waals surface area contributed by atoms with E-state index < -0.39 is 35.8 Å². The van der Waals surface area contributed by atoms with Gasteiger partial charge >= 0.3 is 6.18 Å². The van der Waals surface area contributed by atoms with Crippen LogP contribution in [-0.2, 0) is 11.2 Å². The second kappa shape index (κ2) is 10.1. The minimum absolute atomic E-state index is 0.360. The highest BCUT2D eigenvalue weighted by Crippen LogP contribution is 2.38. The maximum Gasteiger partial charge on any atom is 0.392 e. The second-order valence-corrected chi connectivity index (χ2v) is 10.6. The summed E-state index contributed by atoms with van der Waals surface area (Å²) in [7, 11) is 0. The summed E-state index contributed by atoms with van der Waals surface area (Å²) in [6.07, 6.45) is -3.63. The van der Waals surface area contributed by atoms with Crippen LogP contribution in [0, 0.1) is 30.5 Å². The molecule has 0 radical (unpaired) electrons. The highest BCUT2D eigenvalue weighted by Gasteiger charge is 2.37. The first-order chi connectivity index (χ1) is 18.9. The summed E-state index contributed by atoms with van der Waals surface area (Å²) in [4.78, 5) is 18.9. The van der Waals surface area contributed by atoms with Gasteiger partial charge in [0.2, 0.25) is 5.91 Å². The molecule has 0 saturated heterocycles. The molecule has 1 unspecified atom stereocenters. The molecule has 40 heavy (non-hydrogen) atoms. The van der Waals surface area contributed by atoms with Crippen LogP contribution < -0.4 is 10.2 Å². The summed E-state index contributed by atoms with van der Waals surface area (Å²) >= 11 is 0. The highest BCUT2D eigenvalue weighted by molar-refractivity contribution is 5.94. The minimum Gasteiger partial charge on any atom is -0.340 e. The summed E-state index contributed by atoms with van der Waals surface area (Å²) in [6, 6.07) is 10.5. The van der Waals surface area contributed by atoms with Crippen LogP contribution in [0.4, 0.5) is 29.1 Å². The Morgan fingerprint density at radius 3 is 2.65 bits per heavy atom. The van der Waals surface area contributed by atoms with Crippen LogP contribution in [-0.4, -0.2) is 43.7 Å². The van der Waals surface area contributed by atoms with Crippen LogP contribution in [0.2, 0.25) is 0 Å². The standard InChI is InChI=1S/C29H28F4N6O/c1-17(29(31,32)33)16-24(40)35-28(3,4)14-13-19-8-5-11-22-20(19)9-7-15-38(22)26-25-21(30)10-6-12-23(25)39-18(2)36-37-27(39)34-26/h5-6,8,10-12,17H,7,9,15-16H2,1-4H3,(H,35,40). The van der Waals surface area contributed by atoms with E-state index in [9.17, 15) is 18.0 Å². The number of aryl methyl sites for hydroxylation is 1. The topological polar surface area (TPSA) is 75.4 Å². The highest BCUT2D eigenvalue weighted by atomic mass is 19.4. The molecular weight excluding hydrogens is 524 g/mol. The quantitative estimate of drug-likeness (QED) is 0.262. The zero-order valence-corrected chi connectivity index (χ0v) is 22.5. The number of carbonyl (C=O) groups excluding carboxylic acids is 1. The van der Waals surface area contributed by atoms with E-state index in [0.717, 1.165) is 36.6 Å². The molecular formula is C29H28F4N6O. The Morgan fingerprint density at radius 1 is 1.15 bits per heavy atom. The molecule has 0 spiro atoms. The number of amides is 1. The zero-order valence-electron chi connectivity index (χ0n) is 22.5. The van der Waals surface area contributed by atoms with Gasteiger partial charge in [0.05, 0.1) is 22.4 Å². The van der Waals surface area contributed by atoms with Gasteiger partial charge in [0.25, 0.3) is 5.78 Å². The summed E-state index contributed by atoms with van der Waals surface area (Å²) in [5.74, 6) is 4.66. The first-order valence-electron chi connectivity index (χ1n) is 13.0. The van der Waals surface area contributed by atoms with Crippen molar-refractivity contribution in [3.63, 3.8) is 0 Å². The van der Waals surface area contributed by atoms with Gasteiger partial charge in [-0.2, -0.15) is 18.2 Å². The van der Waals surface area contributed by atoms with Crippen LogP contribution in [0.5, 0.6) is 0 Å². The van der Waals surface area contributed by atoms with Gasteiger partial charge in [-0.1, -0.05) is 30.9 Å². The molecule has 0 saturated carbocycles. The Kier molecular flexibility index (Phi) is 6.90. The molecule has 1 N–H and O–H groups in total. The van der Waals surface area contributed by atoms with E-state index in [-0.39, 0.29) is 0 Å². The van der Waals surface area contributed by atoms with Crippen molar-refractivity contribution in [1.82, 2.24) is 24.9 Å². The summed E-state index contributed by atoms with van der Waals surface area (Å²) in [5.41, 5.74) is 2.05. The number of benzene rings is 2. The number of anilines is 2. The normalized spacial score (nSPS) is 14.6. The van der Waals surface area contributed by atoms with Crippen LogP contribution in [0.1, 0.15) is 50.6 Å². The van der Waals surface area contributed by atoms with E-state index in [4.69, 9.17) is 4.98 Å². The zero-order chi connectivity index (χ0) is 28.8. The number of hydrogen-bond donors (Lipinski definition) is 1. The van der Waals surface area contributed by atoms with E-state index in [2.05, 4.69) is 27.4 Å². The van der Waals surface area contributed by atoms with Gasteiger partial charge in [-0.3, -0.25) is 9.20 Å². The Labute approximate surface area is 228 Å². The van der Waals surface area contributed by atoms with Gasteiger partial charge in [-0.15, -0.1) is 10.2 Å². The Balaban J connectivity index is 1.50. The molecule has 208 valence electrons. The van der Waals surface area contributed by atoms with E-state index in [1.807, 2.05) is 29.2 Å². The lowest BCUT2D eigenvalue weighted by Gasteiger charge is -2.32. The molecule has 1 amide bonds. The first kappa shape index (κ1) is 27.4. The summed E-state index contributed by atoms with van der Waals surface area (Å²) < 4.78 is 55.6. The van der Waals surface area contributed by atoms with Crippen LogP contribution in [0.3, 0.4) is 0 Å². The first-order valence-corrected chi connectivity index (χ1v) is 13.0. The van der Waals surface area contributed by atoms with Gasteiger partial charge in [0.15, 0.2) is 0 Å². The molecule has 1 aliphatic rings. The van der Waals surface area contributed by atoms with Crippen LogP contribution >= 0.6 is 0 Å². The Bertz CT molecular complexity index is 1680. The number of carbonyl (C=O) groups is 1. The number of halogens is 4. The molecule has 11 heteroatoms.